The lowest BCUT2D eigenvalue weighted by Gasteiger charge is -2.10. The predicted octanol–water partition coefficient (Wildman–Crippen LogP) is 4.36. The van der Waals surface area contributed by atoms with Crippen molar-refractivity contribution in [2.24, 2.45) is 7.05 Å². The van der Waals surface area contributed by atoms with E-state index in [1.165, 1.54) is 0 Å². The van der Waals surface area contributed by atoms with Crippen molar-refractivity contribution < 1.29 is 4.79 Å². The Morgan fingerprint density at radius 2 is 1.81 bits per heavy atom. The number of rotatable bonds is 4. The van der Waals surface area contributed by atoms with Gasteiger partial charge in [-0.1, -0.05) is 42.5 Å². The number of amides is 1. The van der Waals surface area contributed by atoms with Gasteiger partial charge in [-0.25, -0.2) is 9.97 Å². The van der Waals surface area contributed by atoms with Crippen LogP contribution in [0.25, 0.3) is 28.3 Å². The first-order valence-corrected chi connectivity index (χ1v) is 9.90. The van der Waals surface area contributed by atoms with Crippen molar-refractivity contribution in [2.45, 2.75) is 6.92 Å². The number of aryl methyl sites for hydroxylation is 2. The van der Waals surface area contributed by atoms with E-state index in [2.05, 4.69) is 20.4 Å². The first kappa shape index (κ1) is 18.7. The Morgan fingerprint density at radius 3 is 2.61 bits per heavy atom. The summed E-state index contributed by atoms with van der Waals surface area (Å²) in [5.41, 5.74) is 5.61. The zero-order valence-corrected chi connectivity index (χ0v) is 17.1. The third-order valence-corrected chi connectivity index (χ3v) is 5.20. The molecule has 0 atom stereocenters. The van der Waals surface area contributed by atoms with Crippen LogP contribution in [-0.2, 0) is 7.05 Å². The molecule has 0 aliphatic rings. The highest BCUT2D eigenvalue weighted by Crippen LogP contribution is 2.26. The number of hydrogen-bond acceptors (Lipinski definition) is 4. The lowest BCUT2D eigenvalue weighted by molar-refractivity contribution is 0.101. The van der Waals surface area contributed by atoms with Gasteiger partial charge in [0, 0.05) is 42.5 Å². The van der Waals surface area contributed by atoms with E-state index in [1.807, 2.05) is 78.3 Å². The largest absolute Gasteiger partial charge is 0.320 e. The second-order valence-electron chi connectivity index (χ2n) is 7.34. The van der Waals surface area contributed by atoms with Crippen LogP contribution >= 0.6 is 0 Å². The molecule has 3 aromatic heterocycles. The first-order valence-electron chi connectivity index (χ1n) is 9.90. The van der Waals surface area contributed by atoms with Crippen LogP contribution in [0.1, 0.15) is 16.1 Å². The molecule has 0 unspecified atom stereocenters. The standard InChI is InChI=1S/C24H20N6O/c1-16-9-10-18(21-15-30-12-6-11-25-24(30)27-21)13-19(16)26-23(31)22-14-20(28-29(22)2)17-7-4-3-5-8-17/h3-15H,1-2H3,(H,26,31). The molecule has 7 heteroatoms. The summed E-state index contributed by atoms with van der Waals surface area (Å²) in [6, 6.07) is 19.4. The zero-order chi connectivity index (χ0) is 21.4. The van der Waals surface area contributed by atoms with Gasteiger partial charge in [-0.2, -0.15) is 5.10 Å². The number of imidazole rings is 1. The van der Waals surface area contributed by atoms with Crippen LogP contribution in [0.4, 0.5) is 5.69 Å². The number of nitrogens with one attached hydrogen (secondary N) is 1. The van der Waals surface area contributed by atoms with E-state index in [9.17, 15) is 4.79 Å². The molecule has 1 N–H and O–H groups in total. The average Bonchev–Trinajstić information content (AvgIpc) is 3.39. The Hall–Kier alpha value is -4.26. The molecule has 3 heterocycles. The molecule has 0 radical (unpaired) electrons. The first-order chi connectivity index (χ1) is 15.1. The van der Waals surface area contributed by atoms with E-state index in [0.29, 0.717) is 11.5 Å². The number of benzene rings is 2. The smallest absolute Gasteiger partial charge is 0.273 e. The monoisotopic (exact) mass is 408 g/mol. The van der Waals surface area contributed by atoms with Gasteiger partial charge in [-0.15, -0.1) is 0 Å². The molecule has 0 aliphatic heterocycles. The molecule has 0 fully saturated rings. The molecule has 0 saturated carbocycles. The van der Waals surface area contributed by atoms with Crippen LogP contribution in [0.2, 0.25) is 0 Å². The molecule has 0 spiro atoms. The number of fused-ring (bicyclic) bond motifs is 1. The SMILES string of the molecule is Cc1ccc(-c2cn3cccnc3n2)cc1NC(=O)c1cc(-c2ccccc2)nn1C. The third-order valence-electron chi connectivity index (χ3n) is 5.20. The average molecular weight is 408 g/mol. The van der Waals surface area contributed by atoms with Crippen molar-refractivity contribution in [1.82, 2.24) is 24.1 Å². The zero-order valence-electron chi connectivity index (χ0n) is 17.1. The molecule has 0 saturated heterocycles. The second kappa shape index (κ2) is 7.53. The van der Waals surface area contributed by atoms with Crippen LogP contribution in [0.5, 0.6) is 0 Å². The fourth-order valence-corrected chi connectivity index (χ4v) is 3.50. The summed E-state index contributed by atoms with van der Waals surface area (Å²) in [6.07, 6.45) is 5.54. The maximum Gasteiger partial charge on any atom is 0.273 e. The van der Waals surface area contributed by atoms with E-state index < -0.39 is 0 Å². The van der Waals surface area contributed by atoms with E-state index in [0.717, 1.165) is 33.8 Å². The number of hydrogen-bond donors (Lipinski definition) is 1. The van der Waals surface area contributed by atoms with Crippen molar-refractivity contribution in [2.75, 3.05) is 5.32 Å². The van der Waals surface area contributed by atoms with Crippen molar-refractivity contribution in [3.8, 4) is 22.5 Å². The molecule has 7 nitrogen and oxygen atoms in total. The molecule has 31 heavy (non-hydrogen) atoms. The molecular formula is C24H20N6O. The summed E-state index contributed by atoms with van der Waals surface area (Å²) in [5, 5.41) is 7.52. The molecular weight excluding hydrogens is 388 g/mol. The molecule has 5 aromatic rings. The Bertz CT molecular complexity index is 1370. The van der Waals surface area contributed by atoms with Gasteiger partial charge in [-0.05, 0) is 30.7 Å². The number of carbonyl (C=O) groups excluding carboxylic acids is 1. The van der Waals surface area contributed by atoms with Gasteiger partial charge in [0.15, 0.2) is 0 Å². The molecule has 0 aliphatic carbocycles. The van der Waals surface area contributed by atoms with Crippen LogP contribution in [0.3, 0.4) is 0 Å². The summed E-state index contributed by atoms with van der Waals surface area (Å²) in [5.74, 6) is 0.418. The highest BCUT2D eigenvalue weighted by molar-refractivity contribution is 6.04. The Balaban J connectivity index is 1.44. The van der Waals surface area contributed by atoms with Crippen molar-refractivity contribution in [3.05, 3.63) is 90.5 Å². The van der Waals surface area contributed by atoms with Crippen LogP contribution in [-0.4, -0.2) is 30.1 Å². The van der Waals surface area contributed by atoms with Gasteiger partial charge in [0.1, 0.15) is 5.69 Å². The van der Waals surface area contributed by atoms with Gasteiger partial charge in [-0.3, -0.25) is 13.9 Å². The van der Waals surface area contributed by atoms with Crippen LogP contribution < -0.4 is 5.32 Å². The minimum Gasteiger partial charge on any atom is -0.320 e. The van der Waals surface area contributed by atoms with Crippen molar-refractivity contribution in [3.63, 3.8) is 0 Å². The van der Waals surface area contributed by atoms with Gasteiger partial charge >= 0.3 is 0 Å². The van der Waals surface area contributed by atoms with Gasteiger partial charge in [0.2, 0.25) is 5.78 Å². The topological polar surface area (TPSA) is 77.1 Å². The highest BCUT2D eigenvalue weighted by atomic mass is 16.2. The Kier molecular flexibility index (Phi) is 4.55. The quantitative estimate of drug-likeness (QED) is 0.479. The fraction of sp³-hybridized carbons (Fsp3) is 0.0833. The van der Waals surface area contributed by atoms with E-state index >= 15 is 0 Å². The minimum absolute atomic E-state index is 0.214. The summed E-state index contributed by atoms with van der Waals surface area (Å²) in [4.78, 5) is 21.9. The van der Waals surface area contributed by atoms with Crippen molar-refractivity contribution >= 4 is 17.4 Å². The van der Waals surface area contributed by atoms with Crippen LogP contribution in [0, 0.1) is 6.92 Å². The third kappa shape index (κ3) is 3.57. The van der Waals surface area contributed by atoms with E-state index in [1.54, 1.807) is 24.0 Å². The van der Waals surface area contributed by atoms with E-state index in [-0.39, 0.29) is 5.91 Å². The number of nitrogens with zero attached hydrogens (tertiary/aromatic N) is 5. The maximum absolute atomic E-state index is 13.0. The van der Waals surface area contributed by atoms with E-state index in [4.69, 9.17) is 0 Å². The minimum atomic E-state index is -0.214. The number of aromatic nitrogens is 5. The second-order valence-corrected chi connectivity index (χ2v) is 7.34. The van der Waals surface area contributed by atoms with Gasteiger partial charge < -0.3 is 5.32 Å². The summed E-state index contributed by atoms with van der Waals surface area (Å²) >= 11 is 0. The lowest BCUT2D eigenvalue weighted by atomic mass is 10.1. The summed E-state index contributed by atoms with van der Waals surface area (Å²) < 4.78 is 3.47. The maximum atomic E-state index is 13.0. The molecule has 152 valence electrons. The van der Waals surface area contributed by atoms with Crippen LogP contribution in [0.15, 0.2) is 79.3 Å². The molecule has 1 amide bonds. The highest BCUT2D eigenvalue weighted by Gasteiger charge is 2.16. The predicted molar refractivity (Wildman–Crippen MR) is 120 cm³/mol. The summed E-state index contributed by atoms with van der Waals surface area (Å²) in [6.45, 7) is 1.96. The lowest BCUT2D eigenvalue weighted by Crippen LogP contribution is -2.16. The number of anilines is 1. The number of carbonyl (C=O) groups is 1. The van der Waals surface area contributed by atoms with Crippen molar-refractivity contribution in [1.29, 1.82) is 0 Å². The molecule has 2 aromatic carbocycles. The summed E-state index contributed by atoms with van der Waals surface area (Å²) in [7, 11) is 1.77. The van der Waals surface area contributed by atoms with Gasteiger partial charge in [0.25, 0.3) is 5.91 Å². The fourth-order valence-electron chi connectivity index (χ4n) is 3.50. The Labute approximate surface area is 179 Å². The normalized spacial score (nSPS) is 11.0. The molecule has 5 rings (SSSR count). The Morgan fingerprint density at radius 1 is 0.968 bits per heavy atom. The van der Waals surface area contributed by atoms with Gasteiger partial charge in [0.05, 0.1) is 11.4 Å². The molecule has 0 bridgehead atoms.